The molecule has 2 rings (SSSR count). The molecule has 122 valence electrons. The lowest BCUT2D eigenvalue weighted by Gasteiger charge is -2.13. The number of amides is 1. The highest BCUT2D eigenvalue weighted by atomic mass is 35.5. The molecule has 2 aromatic rings. The molecule has 0 aliphatic rings. The first-order valence-electron chi connectivity index (χ1n) is 6.43. The molecular weight excluding hydrogens is 342 g/mol. The SMILES string of the molecule is COc1ccc(NC(=O)C(C)Sc2nncc(=O)n2N)cc1Cl. The fourth-order valence-electron chi connectivity index (χ4n) is 1.61. The zero-order valence-corrected chi connectivity index (χ0v) is 13.9. The lowest BCUT2D eigenvalue weighted by molar-refractivity contribution is -0.115. The minimum atomic E-state index is -0.554. The van der Waals surface area contributed by atoms with E-state index in [4.69, 9.17) is 22.2 Å². The van der Waals surface area contributed by atoms with E-state index in [2.05, 4.69) is 15.5 Å². The number of hydrogen-bond acceptors (Lipinski definition) is 7. The van der Waals surface area contributed by atoms with Crippen LogP contribution in [0.4, 0.5) is 5.69 Å². The van der Waals surface area contributed by atoms with Crippen LogP contribution in [0.15, 0.2) is 34.3 Å². The fourth-order valence-corrected chi connectivity index (χ4v) is 2.65. The van der Waals surface area contributed by atoms with Crippen molar-refractivity contribution in [3.05, 3.63) is 39.8 Å². The van der Waals surface area contributed by atoms with E-state index < -0.39 is 10.8 Å². The van der Waals surface area contributed by atoms with Crippen molar-refractivity contribution in [3.8, 4) is 5.75 Å². The van der Waals surface area contributed by atoms with Crippen molar-refractivity contribution in [2.24, 2.45) is 0 Å². The van der Waals surface area contributed by atoms with Gasteiger partial charge in [0, 0.05) is 5.69 Å². The average molecular weight is 356 g/mol. The molecule has 3 N–H and O–H groups in total. The molecule has 23 heavy (non-hydrogen) atoms. The van der Waals surface area contributed by atoms with Gasteiger partial charge in [-0.3, -0.25) is 9.59 Å². The average Bonchev–Trinajstić information content (AvgIpc) is 2.52. The van der Waals surface area contributed by atoms with Gasteiger partial charge in [0.05, 0.1) is 17.4 Å². The summed E-state index contributed by atoms with van der Waals surface area (Å²) >= 11 is 7.02. The lowest BCUT2D eigenvalue weighted by Crippen LogP contribution is -2.31. The van der Waals surface area contributed by atoms with Gasteiger partial charge in [-0.15, -0.1) is 5.10 Å². The number of aromatic nitrogens is 3. The Morgan fingerprint density at radius 3 is 2.91 bits per heavy atom. The number of benzene rings is 1. The minimum Gasteiger partial charge on any atom is -0.495 e. The molecule has 1 unspecified atom stereocenters. The zero-order valence-electron chi connectivity index (χ0n) is 12.3. The van der Waals surface area contributed by atoms with Crippen LogP contribution in [0.25, 0.3) is 0 Å². The summed E-state index contributed by atoms with van der Waals surface area (Å²) in [5.74, 6) is 5.77. The molecule has 1 aromatic heterocycles. The number of nitrogens with one attached hydrogen (secondary N) is 1. The predicted molar refractivity (Wildman–Crippen MR) is 88.4 cm³/mol. The number of hydrogen-bond donors (Lipinski definition) is 2. The number of nitrogens with two attached hydrogens (primary N) is 1. The molecule has 8 nitrogen and oxygen atoms in total. The number of thioether (sulfide) groups is 1. The molecule has 0 aliphatic carbocycles. The number of carbonyl (C=O) groups excluding carboxylic acids is 1. The van der Waals surface area contributed by atoms with Gasteiger partial charge in [-0.05, 0) is 25.1 Å². The fraction of sp³-hybridized carbons (Fsp3) is 0.231. The lowest BCUT2D eigenvalue weighted by atomic mass is 10.3. The number of halogens is 1. The van der Waals surface area contributed by atoms with Crippen molar-refractivity contribution in [2.45, 2.75) is 17.3 Å². The van der Waals surface area contributed by atoms with Crippen LogP contribution < -0.4 is 21.5 Å². The van der Waals surface area contributed by atoms with Crippen LogP contribution >= 0.6 is 23.4 Å². The predicted octanol–water partition coefficient (Wildman–Crippen LogP) is 1.13. The minimum absolute atomic E-state index is 0.146. The van der Waals surface area contributed by atoms with Crippen molar-refractivity contribution in [1.29, 1.82) is 0 Å². The molecule has 0 bridgehead atoms. The van der Waals surface area contributed by atoms with Gasteiger partial charge in [-0.1, -0.05) is 23.4 Å². The van der Waals surface area contributed by atoms with Crippen molar-refractivity contribution in [3.63, 3.8) is 0 Å². The van der Waals surface area contributed by atoms with E-state index in [1.165, 1.54) is 7.11 Å². The maximum atomic E-state index is 12.2. The Morgan fingerprint density at radius 1 is 1.52 bits per heavy atom. The molecule has 0 saturated carbocycles. The Morgan fingerprint density at radius 2 is 2.26 bits per heavy atom. The van der Waals surface area contributed by atoms with Gasteiger partial charge >= 0.3 is 0 Å². The third-order valence-corrected chi connectivity index (χ3v) is 4.18. The second kappa shape index (κ2) is 7.34. The number of nitrogen functional groups attached to an aromatic ring is 1. The first-order chi connectivity index (χ1) is 10.9. The van der Waals surface area contributed by atoms with Gasteiger partial charge in [0.15, 0.2) is 0 Å². The van der Waals surface area contributed by atoms with Crippen molar-refractivity contribution >= 4 is 35.0 Å². The molecule has 1 heterocycles. The largest absolute Gasteiger partial charge is 0.495 e. The molecule has 0 aliphatic heterocycles. The van der Waals surface area contributed by atoms with E-state index in [0.717, 1.165) is 22.6 Å². The third-order valence-electron chi connectivity index (χ3n) is 2.83. The standard InChI is InChI=1S/C13H14ClN5O3S/c1-7(23-13-18-16-6-11(20)19(13)15)12(21)17-8-3-4-10(22-2)9(14)5-8/h3-7H,15H2,1-2H3,(H,17,21). The van der Waals surface area contributed by atoms with Gasteiger partial charge in [0.2, 0.25) is 11.1 Å². The number of anilines is 1. The van der Waals surface area contributed by atoms with Crippen LogP contribution in [0, 0.1) is 0 Å². The summed E-state index contributed by atoms with van der Waals surface area (Å²) in [4.78, 5) is 23.6. The highest BCUT2D eigenvalue weighted by molar-refractivity contribution is 8.00. The topological polar surface area (TPSA) is 112 Å². The van der Waals surface area contributed by atoms with Crippen LogP contribution in [0.3, 0.4) is 0 Å². The Hall–Kier alpha value is -2.26. The zero-order chi connectivity index (χ0) is 17.0. The van der Waals surface area contributed by atoms with Gasteiger partial charge in [0.1, 0.15) is 11.9 Å². The summed E-state index contributed by atoms with van der Waals surface area (Å²) in [6, 6.07) is 4.90. The summed E-state index contributed by atoms with van der Waals surface area (Å²) in [5.41, 5.74) is 0.0228. The van der Waals surface area contributed by atoms with Crippen LogP contribution in [-0.2, 0) is 4.79 Å². The third kappa shape index (κ3) is 4.14. The molecule has 1 amide bonds. The second-order valence-corrected chi connectivity index (χ2v) is 6.15. The number of methoxy groups -OCH3 is 1. The highest BCUT2D eigenvalue weighted by Crippen LogP contribution is 2.28. The van der Waals surface area contributed by atoms with Gasteiger partial charge < -0.3 is 15.9 Å². The summed E-state index contributed by atoms with van der Waals surface area (Å²) < 4.78 is 5.88. The van der Waals surface area contributed by atoms with Gasteiger partial charge in [-0.25, -0.2) is 0 Å². The van der Waals surface area contributed by atoms with Crippen molar-refractivity contribution < 1.29 is 9.53 Å². The number of rotatable bonds is 5. The van der Waals surface area contributed by atoms with E-state index in [1.54, 1.807) is 25.1 Å². The summed E-state index contributed by atoms with van der Waals surface area (Å²) in [6.07, 6.45) is 0.994. The number of ether oxygens (including phenoxy) is 1. The Kier molecular flexibility index (Phi) is 5.45. The quantitative estimate of drug-likeness (QED) is 0.610. The molecule has 0 saturated heterocycles. The molecule has 1 aromatic carbocycles. The highest BCUT2D eigenvalue weighted by Gasteiger charge is 2.18. The van der Waals surface area contributed by atoms with Crippen LogP contribution in [0.2, 0.25) is 5.02 Å². The Labute approximate surface area is 141 Å². The number of carbonyl (C=O) groups is 1. The summed E-state index contributed by atoms with van der Waals surface area (Å²) in [7, 11) is 1.51. The second-order valence-electron chi connectivity index (χ2n) is 4.43. The van der Waals surface area contributed by atoms with Gasteiger partial charge in [-0.2, -0.15) is 9.77 Å². The molecule has 10 heteroatoms. The first-order valence-corrected chi connectivity index (χ1v) is 7.69. The smallest absolute Gasteiger partial charge is 0.291 e. The van der Waals surface area contributed by atoms with Crippen LogP contribution in [-0.4, -0.2) is 33.1 Å². The van der Waals surface area contributed by atoms with Crippen LogP contribution in [0.1, 0.15) is 6.92 Å². The van der Waals surface area contributed by atoms with E-state index in [-0.39, 0.29) is 11.1 Å². The molecular formula is C13H14ClN5O3S. The first kappa shape index (κ1) is 17.1. The van der Waals surface area contributed by atoms with Gasteiger partial charge in [0.25, 0.3) is 5.56 Å². The molecule has 0 spiro atoms. The molecule has 0 radical (unpaired) electrons. The van der Waals surface area contributed by atoms with E-state index >= 15 is 0 Å². The summed E-state index contributed by atoms with van der Waals surface area (Å²) in [6.45, 7) is 1.66. The van der Waals surface area contributed by atoms with E-state index in [9.17, 15) is 9.59 Å². The van der Waals surface area contributed by atoms with E-state index in [0.29, 0.717) is 16.5 Å². The molecule has 0 fully saturated rings. The van der Waals surface area contributed by atoms with Crippen LogP contribution in [0.5, 0.6) is 5.75 Å². The maximum Gasteiger partial charge on any atom is 0.291 e. The Bertz CT molecular complexity index is 782. The molecule has 1 atom stereocenters. The Balaban J connectivity index is 2.07. The maximum absolute atomic E-state index is 12.2. The normalized spacial score (nSPS) is 11.8. The van der Waals surface area contributed by atoms with Crippen molar-refractivity contribution in [1.82, 2.24) is 14.9 Å². The number of nitrogens with zero attached hydrogens (tertiary/aromatic N) is 3. The monoisotopic (exact) mass is 355 g/mol. The van der Waals surface area contributed by atoms with E-state index in [1.807, 2.05) is 0 Å². The van der Waals surface area contributed by atoms with Crippen molar-refractivity contribution in [2.75, 3.05) is 18.3 Å². The summed E-state index contributed by atoms with van der Waals surface area (Å²) in [5, 5.41) is 9.95.